The van der Waals surface area contributed by atoms with E-state index in [1.165, 1.54) is 0 Å². The van der Waals surface area contributed by atoms with Gasteiger partial charge in [0.05, 0.1) is 11.3 Å². The summed E-state index contributed by atoms with van der Waals surface area (Å²) in [5.41, 5.74) is 7.39. The van der Waals surface area contributed by atoms with Crippen LogP contribution in [0, 0.1) is 0 Å². The van der Waals surface area contributed by atoms with E-state index in [1.807, 2.05) is 12.1 Å². The summed E-state index contributed by atoms with van der Waals surface area (Å²) in [7, 11) is 0. The van der Waals surface area contributed by atoms with Crippen molar-refractivity contribution in [3.05, 3.63) is 48.0 Å². The number of anilines is 2. The molecule has 2 aromatic carbocycles. The molecule has 0 atom stereocenters. The fourth-order valence-corrected chi connectivity index (χ4v) is 1.78. The molecule has 0 saturated carbocycles. The zero-order valence-corrected chi connectivity index (χ0v) is 8.94. The predicted octanol–water partition coefficient (Wildman–Crippen LogP) is 2.63. The molecule has 3 rings (SSSR count). The molecule has 4 heteroatoms. The molecule has 84 valence electrons. The lowest BCUT2D eigenvalue weighted by atomic mass is 10.1. The van der Waals surface area contributed by atoms with Gasteiger partial charge in [-0.1, -0.05) is 12.1 Å². The number of nitrogens with one attached hydrogen (secondary N) is 1. The second-order valence-corrected chi connectivity index (χ2v) is 3.81. The molecule has 2 aromatic rings. The largest absolute Gasteiger partial charge is 0.454 e. The van der Waals surface area contributed by atoms with Crippen LogP contribution in [-0.4, -0.2) is 5.91 Å². The van der Waals surface area contributed by atoms with Gasteiger partial charge in [0.2, 0.25) is 0 Å². The highest BCUT2D eigenvalue weighted by molar-refractivity contribution is 6.08. The lowest BCUT2D eigenvalue weighted by Gasteiger charge is -2.07. The molecular weight excluding hydrogens is 216 g/mol. The summed E-state index contributed by atoms with van der Waals surface area (Å²) in [5, 5.41) is 2.79. The van der Waals surface area contributed by atoms with E-state index in [-0.39, 0.29) is 5.91 Å². The number of ether oxygens (including phenoxy) is 1. The summed E-state index contributed by atoms with van der Waals surface area (Å²) in [6.45, 7) is 0. The second-order valence-electron chi connectivity index (χ2n) is 3.81. The molecule has 4 nitrogen and oxygen atoms in total. The molecule has 0 fully saturated rings. The number of carbonyl (C=O) groups excluding carboxylic acids is 1. The molecular formula is C13H10N2O2. The Bertz CT molecular complexity index is 608. The predicted molar refractivity (Wildman–Crippen MR) is 65.3 cm³/mol. The van der Waals surface area contributed by atoms with E-state index in [9.17, 15) is 4.79 Å². The number of nitrogen functional groups attached to an aromatic ring is 1. The first-order chi connectivity index (χ1) is 8.24. The molecule has 0 saturated heterocycles. The van der Waals surface area contributed by atoms with Gasteiger partial charge in [0, 0.05) is 11.8 Å². The Morgan fingerprint density at radius 3 is 2.76 bits per heavy atom. The Kier molecular flexibility index (Phi) is 2.01. The third-order valence-corrected chi connectivity index (χ3v) is 2.61. The van der Waals surface area contributed by atoms with Crippen LogP contribution in [0.1, 0.15) is 10.4 Å². The first-order valence-corrected chi connectivity index (χ1v) is 5.22. The van der Waals surface area contributed by atoms with Gasteiger partial charge in [-0.3, -0.25) is 4.79 Å². The highest BCUT2D eigenvalue weighted by Gasteiger charge is 2.20. The van der Waals surface area contributed by atoms with E-state index in [0.717, 1.165) is 0 Å². The fourth-order valence-electron chi connectivity index (χ4n) is 1.78. The van der Waals surface area contributed by atoms with Gasteiger partial charge in [0.25, 0.3) is 5.91 Å². The Balaban J connectivity index is 2.18. The molecule has 0 spiro atoms. The van der Waals surface area contributed by atoms with E-state index in [1.54, 1.807) is 30.3 Å². The van der Waals surface area contributed by atoms with E-state index >= 15 is 0 Å². The van der Waals surface area contributed by atoms with Crippen molar-refractivity contribution in [2.24, 2.45) is 0 Å². The number of benzene rings is 2. The smallest absolute Gasteiger partial charge is 0.259 e. The lowest BCUT2D eigenvalue weighted by Crippen LogP contribution is -2.10. The SMILES string of the molecule is Nc1ccc2c(c1)Oc1ccccc1NC2=O. The molecule has 0 bridgehead atoms. The summed E-state index contributed by atoms with van der Waals surface area (Å²) < 4.78 is 5.69. The van der Waals surface area contributed by atoms with E-state index < -0.39 is 0 Å². The van der Waals surface area contributed by atoms with Crippen molar-refractivity contribution < 1.29 is 9.53 Å². The van der Waals surface area contributed by atoms with Gasteiger partial charge in [-0.05, 0) is 24.3 Å². The van der Waals surface area contributed by atoms with Gasteiger partial charge in [-0.2, -0.15) is 0 Å². The maximum Gasteiger partial charge on any atom is 0.259 e. The molecule has 0 aromatic heterocycles. The second kappa shape index (κ2) is 3.52. The average Bonchev–Trinajstić information content (AvgIpc) is 2.44. The highest BCUT2D eigenvalue weighted by atomic mass is 16.5. The number of hydrogen-bond donors (Lipinski definition) is 2. The molecule has 0 radical (unpaired) electrons. The topological polar surface area (TPSA) is 64.3 Å². The Morgan fingerprint density at radius 2 is 1.88 bits per heavy atom. The van der Waals surface area contributed by atoms with E-state index in [4.69, 9.17) is 10.5 Å². The minimum absolute atomic E-state index is 0.190. The van der Waals surface area contributed by atoms with Gasteiger partial charge in [0.1, 0.15) is 5.75 Å². The number of carbonyl (C=O) groups is 1. The summed E-state index contributed by atoms with van der Waals surface area (Å²) in [6, 6.07) is 12.3. The first-order valence-electron chi connectivity index (χ1n) is 5.22. The third kappa shape index (κ3) is 1.59. The molecule has 1 heterocycles. The third-order valence-electron chi connectivity index (χ3n) is 2.61. The fraction of sp³-hybridized carbons (Fsp3) is 0. The average molecular weight is 226 g/mol. The Hall–Kier alpha value is -2.49. The Labute approximate surface area is 98.0 Å². The monoisotopic (exact) mass is 226 g/mol. The van der Waals surface area contributed by atoms with Gasteiger partial charge in [-0.25, -0.2) is 0 Å². The summed E-state index contributed by atoms with van der Waals surface area (Å²) in [6.07, 6.45) is 0. The standard InChI is InChI=1S/C13H10N2O2/c14-8-5-6-9-12(7-8)17-11-4-2-1-3-10(11)15-13(9)16/h1-7H,14H2,(H,15,16). The van der Waals surface area contributed by atoms with Crippen LogP contribution in [0.3, 0.4) is 0 Å². The lowest BCUT2D eigenvalue weighted by molar-refractivity contribution is 0.102. The van der Waals surface area contributed by atoms with Crippen LogP contribution < -0.4 is 15.8 Å². The Morgan fingerprint density at radius 1 is 1.06 bits per heavy atom. The number of nitrogens with two attached hydrogens (primary N) is 1. The highest BCUT2D eigenvalue weighted by Crippen LogP contribution is 2.35. The molecule has 0 unspecified atom stereocenters. The molecule has 1 amide bonds. The number of fused-ring (bicyclic) bond motifs is 2. The van der Waals surface area contributed by atoms with Gasteiger partial charge in [0.15, 0.2) is 5.75 Å². The number of para-hydroxylation sites is 2. The first kappa shape index (κ1) is 9.72. The van der Waals surface area contributed by atoms with Gasteiger partial charge in [-0.15, -0.1) is 0 Å². The van der Waals surface area contributed by atoms with Crippen LogP contribution in [0.25, 0.3) is 0 Å². The summed E-state index contributed by atoms with van der Waals surface area (Å²) in [4.78, 5) is 11.9. The molecule has 3 N–H and O–H groups in total. The summed E-state index contributed by atoms with van der Waals surface area (Å²) >= 11 is 0. The maximum absolute atomic E-state index is 11.9. The van der Waals surface area contributed by atoms with Crippen molar-refractivity contribution in [1.29, 1.82) is 0 Å². The van der Waals surface area contributed by atoms with Crippen LogP contribution >= 0.6 is 0 Å². The van der Waals surface area contributed by atoms with Crippen molar-refractivity contribution in [2.45, 2.75) is 0 Å². The summed E-state index contributed by atoms with van der Waals surface area (Å²) in [5.74, 6) is 0.905. The zero-order valence-electron chi connectivity index (χ0n) is 8.94. The molecule has 1 aliphatic rings. The molecule has 1 aliphatic heterocycles. The minimum Gasteiger partial charge on any atom is -0.454 e. The van der Waals surface area contributed by atoms with Crippen LogP contribution in [0.4, 0.5) is 11.4 Å². The normalized spacial score (nSPS) is 12.8. The van der Waals surface area contributed by atoms with Crippen molar-refractivity contribution in [3.63, 3.8) is 0 Å². The number of amides is 1. The van der Waals surface area contributed by atoms with Crippen molar-refractivity contribution in [1.82, 2.24) is 0 Å². The van der Waals surface area contributed by atoms with Crippen molar-refractivity contribution in [3.8, 4) is 11.5 Å². The minimum atomic E-state index is -0.190. The van der Waals surface area contributed by atoms with Gasteiger partial charge < -0.3 is 15.8 Å². The maximum atomic E-state index is 11.9. The van der Waals surface area contributed by atoms with E-state index in [2.05, 4.69) is 5.32 Å². The quantitative estimate of drug-likeness (QED) is 0.679. The number of rotatable bonds is 0. The van der Waals surface area contributed by atoms with Crippen LogP contribution in [0.2, 0.25) is 0 Å². The van der Waals surface area contributed by atoms with Crippen LogP contribution in [0.15, 0.2) is 42.5 Å². The molecule has 0 aliphatic carbocycles. The number of hydrogen-bond acceptors (Lipinski definition) is 3. The van der Waals surface area contributed by atoms with Crippen molar-refractivity contribution in [2.75, 3.05) is 11.1 Å². The van der Waals surface area contributed by atoms with Crippen LogP contribution in [0.5, 0.6) is 11.5 Å². The van der Waals surface area contributed by atoms with Crippen LogP contribution in [-0.2, 0) is 0 Å². The van der Waals surface area contributed by atoms with Gasteiger partial charge >= 0.3 is 0 Å². The van der Waals surface area contributed by atoms with Crippen molar-refractivity contribution >= 4 is 17.3 Å². The zero-order chi connectivity index (χ0) is 11.8. The molecule has 17 heavy (non-hydrogen) atoms. The van der Waals surface area contributed by atoms with E-state index in [0.29, 0.717) is 28.4 Å².